The third-order valence-electron chi connectivity index (χ3n) is 2.43. The van der Waals surface area contributed by atoms with Crippen LogP contribution in [0.5, 0.6) is 0 Å². The van der Waals surface area contributed by atoms with Crippen molar-refractivity contribution in [3.05, 3.63) is 41.7 Å². The molecule has 0 unspecified atom stereocenters. The normalized spacial score (nSPS) is 11.8. The van der Waals surface area contributed by atoms with Crippen molar-refractivity contribution < 1.29 is 22.8 Å². The number of nitrogens with zero attached hydrogens (tertiary/aromatic N) is 1. The first kappa shape index (κ1) is 12.6. The standard InChI is InChI=1S/C12H10F3NO2/c13-12(14,15)9-3-1-8(2-4-9)11-7-10(5-6-17)18-16-11/h1-4,7,17H,5-6H2. The Kier molecular flexibility index (Phi) is 3.38. The molecule has 0 bridgehead atoms. The monoisotopic (exact) mass is 257 g/mol. The highest BCUT2D eigenvalue weighted by Gasteiger charge is 2.30. The maximum absolute atomic E-state index is 12.4. The number of aromatic nitrogens is 1. The molecule has 1 N–H and O–H groups in total. The predicted octanol–water partition coefficient (Wildman–Crippen LogP) is 2.90. The zero-order chi connectivity index (χ0) is 13.2. The molecule has 1 aromatic carbocycles. The maximum Gasteiger partial charge on any atom is 0.416 e. The van der Waals surface area contributed by atoms with Crippen molar-refractivity contribution in [3.8, 4) is 11.3 Å². The van der Waals surface area contributed by atoms with Gasteiger partial charge in [-0.2, -0.15) is 13.2 Å². The number of aliphatic hydroxyl groups is 1. The van der Waals surface area contributed by atoms with Gasteiger partial charge in [0.15, 0.2) is 0 Å². The van der Waals surface area contributed by atoms with E-state index in [-0.39, 0.29) is 6.61 Å². The number of rotatable bonds is 3. The molecule has 0 spiro atoms. The van der Waals surface area contributed by atoms with E-state index >= 15 is 0 Å². The molecule has 0 aliphatic carbocycles. The quantitative estimate of drug-likeness (QED) is 0.919. The maximum atomic E-state index is 12.4. The fourth-order valence-corrected chi connectivity index (χ4v) is 1.51. The summed E-state index contributed by atoms with van der Waals surface area (Å²) in [6.45, 7) is -0.0678. The van der Waals surface area contributed by atoms with Crippen molar-refractivity contribution in [1.82, 2.24) is 5.16 Å². The van der Waals surface area contributed by atoms with E-state index < -0.39 is 11.7 Å². The van der Waals surface area contributed by atoms with Crippen LogP contribution in [0.2, 0.25) is 0 Å². The van der Waals surface area contributed by atoms with Crippen LogP contribution in [0.25, 0.3) is 11.3 Å². The minimum Gasteiger partial charge on any atom is -0.396 e. The largest absolute Gasteiger partial charge is 0.416 e. The molecule has 0 saturated carbocycles. The molecule has 0 amide bonds. The predicted molar refractivity (Wildman–Crippen MR) is 57.7 cm³/mol. The van der Waals surface area contributed by atoms with Gasteiger partial charge in [0.05, 0.1) is 12.2 Å². The summed E-state index contributed by atoms with van der Waals surface area (Å²) < 4.78 is 42.0. The number of aliphatic hydroxyl groups excluding tert-OH is 1. The average molecular weight is 257 g/mol. The third kappa shape index (κ3) is 2.70. The molecule has 1 aromatic heterocycles. The molecule has 2 rings (SSSR count). The minimum atomic E-state index is -4.34. The van der Waals surface area contributed by atoms with E-state index in [9.17, 15) is 13.2 Å². The molecule has 0 atom stereocenters. The molecule has 18 heavy (non-hydrogen) atoms. The van der Waals surface area contributed by atoms with E-state index in [0.717, 1.165) is 12.1 Å². The van der Waals surface area contributed by atoms with Crippen LogP contribution in [0.4, 0.5) is 13.2 Å². The highest BCUT2D eigenvalue weighted by Crippen LogP contribution is 2.30. The molecule has 0 radical (unpaired) electrons. The lowest BCUT2D eigenvalue weighted by Gasteiger charge is -2.06. The van der Waals surface area contributed by atoms with Crippen LogP contribution in [0.3, 0.4) is 0 Å². The van der Waals surface area contributed by atoms with Crippen LogP contribution in [-0.2, 0) is 12.6 Å². The van der Waals surface area contributed by atoms with Crippen molar-refractivity contribution in [1.29, 1.82) is 0 Å². The Hall–Kier alpha value is -1.82. The summed E-state index contributed by atoms with van der Waals surface area (Å²) in [6.07, 6.45) is -4.02. The van der Waals surface area contributed by atoms with Crippen molar-refractivity contribution in [2.45, 2.75) is 12.6 Å². The summed E-state index contributed by atoms with van der Waals surface area (Å²) in [7, 11) is 0. The van der Waals surface area contributed by atoms with E-state index in [1.54, 1.807) is 6.07 Å². The molecule has 2 aromatic rings. The first-order chi connectivity index (χ1) is 8.50. The van der Waals surface area contributed by atoms with E-state index in [4.69, 9.17) is 9.63 Å². The fourth-order valence-electron chi connectivity index (χ4n) is 1.51. The summed E-state index contributed by atoms with van der Waals surface area (Å²) in [5, 5.41) is 12.4. The number of alkyl halides is 3. The van der Waals surface area contributed by atoms with Gasteiger partial charge in [-0.3, -0.25) is 0 Å². The molecule has 3 nitrogen and oxygen atoms in total. The molecule has 6 heteroatoms. The van der Waals surface area contributed by atoms with Crippen molar-refractivity contribution >= 4 is 0 Å². The fraction of sp³-hybridized carbons (Fsp3) is 0.250. The second-order valence-electron chi connectivity index (χ2n) is 3.73. The van der Waals surface area contributed by atoms with Crippen molar-refractivity contribution in [3.63, 3.8) is 0 Å². The lowest BCUT2D eigenvalue weighted by Crippen LogP contribution is -2.03. The Bertz CT molecular complexity index is 517. The van der Waals surface area contributed by atoms with Gasteiger partial charge in [-0.1, -0.05) is 17.3 Å². The smallest absolute Gasteiger partial charge is 0.396 e. The van der Waals surface area contributed by atoms with Gasteiger partial charge in [0.2, 0.25) is 0 Å². The topological polar surface area (TPSA) is 46.3 Å². The average Bonchev–Trinajstić information content (AvgIpc) is 2.77. The summed E-state index contributed by atoms with van der Waals surface area (Å²) in [6, 6.07) is 6.26. The highest BCUT2D eigenvalue weighted by atomic mass is 19.4. The molecular weight excluding hydrogens is 247 g/mol. The number of hydrogen-bond donors (Lipinski definition) is 1. The summed E-state index contributed by atoms with van der Waals surface area (Å²) in [4.78, 5) is 0. The van der Waals surface area contributed by atoms with Gasteiger partial charge in [-0.15, -0.1) is 0 Å². The molecule has 0 aliphatic rings. The lowest BCUT2D eigenvalue weighted by atomic mass is 10.1. The minimum absolute atomic E-state index is 0.0678. The number of halogens is 3. The zero-order valence-corrected chi connectivity index (χ0v) is 9.24. The molecular formula is C12H10F3NO2. The van der Waals surface area contributed by atoms with E-state index in [1.165, 1.54) is 12.1 Å². The second-order valence-corrected chi connectivity index (χ2v) is 3.73. The summed E-state index contributed by atoms with van der Waals surface area (Å²) >= 11 is 0. The van der Waals surface area contributed by atoms with Gasteiger partial charge >= 0.3 is 6.18 Å². The van der Waals surface area contributed by atoms with Gasteiger partial charge in [-0.25, -0.2) is 0 Å². The van der Waals surface area contributed by atoms with Gasteiger partial charge in [0.25, 0.3) is 0 Å². The lowest BCUT2D eigenvalue weighted by molar-refractivity contribution is -0.137. The van der Waals surface area contributed by atoms with E-state index in [2.05, 4.69) is 5.16 Å². The first-order valence-electron chi connectivity index (χ1n) is 5.25. The van der Waals surface area contributed by atoms with Gasteiger partial charge < -0.3 is 9.63 Å². The Morgan fingerprint density at radius 3 is 2.39 bits per heavy atom. The van der Waals surface area contributed by atoms with Crippen LogP contribution in [0.15, 0.2) is 34.9 Å². The molecule has 0 fully saturated rings. The van der Waals surface area contributed by atoms with Crippen LogP contribution in [0, 0.1) is 0 Å². The zero-order valence-electron chi connectivity index (χ0n) is 9.24. The Morgan fingerprint density at radius 1 is 1.17 bits per heavy atom. The highest BCUT2D eigenvalue weighted by molar-refractivity contribution is 5.59. The second kappa shape index (κ2) is 4.81. The first-order valence-corrected chi connectivity index (χ1v) is 5.25. The van der Waals surface area contributed by atoms with Crippen LogP contribution in [-0.4, -0.2) is 16.9 Å². The summed E-state index contributed by atoms with van der Waals surface area (Å²) in [5.41, 5.74) is 0.286. The van der Waals surface area contributed by atoms with Crippen LogP contribution >= 0.6 is 0 Å². The SMILES string of the molecule is OCCc1cc(-c2ccc(C(F)(F)F)cc2)no1. The van der Waals surface area contributed by atoms with Gasteiger partial charge in [0, 0.05) is 18.1 Å². The van der Waals surface area contributed by atoms with Crippen molar-refractivity contribution in [2.24, 2.45) is 0 Å². The Morgan fingerprint density at radius 2 is 1.83 bits per heavy atom. The molecule has 0 saturated heterocycles. The van der Waals surface area contributed by atoms with Crippen LogP contribution < -0.4 is 0 Å². The Balaban J connectivity index is 2.23. The number of benzene rings is 1. The Labute approximate surface area is 101 Å². The van der Waals surface area contributed by atoms with Gasteiger partial charge in [0.1, 0.15) is 11.5 Å². The third-order valence-corrected chi connectivity index (χ3v) is 2.43. The van der Waals surface area contributed by atoms with E-state index in [0.29, 0.717) is 23.4 Å². The van der Waals surface area contributed by atoms with Crippen molar-refractivity contribution in [2.75, 3.05) is 6.61 Å². The summed E-state index contributed by atoms with van der Waals surface area (Å²) in [5.74, 6) is 0.493. The molecule has 0 aliphatic heterocycles. The van der Waals surface area contributed by atoms with E-state index in [1.807, 2.05) is 0 Å². The van der Waals surface area contributed by atoms with Gasteiger partial charge in [-0.05, 0) is 12.1 Å². The molecule has 1 heterocycles. The number of hydrogen-bond acceptors (Lipinski definition) is 3. The molecule has 96 valence electrons. The van der Waals surface area contributed by atoms with Crippen LogP contribution in [0.1, 0.15) is 11.3 Å².